The summed E-state index contributed by atoms with van der Waals surface area (Å²) in [5.74, 6) is 3.55. The van der Waals surface area contributed by atoms with E-state index in [1.165, 1.54) is 117 Å². The molecule has 6 aliphatic carbocycles. The molecule has 9 atom stereocenters. The molecule has 0 saturated heterocycles. The van der Waals surface area contributed by atoms with E-state index in [-0.39, 0.29) is 22.2 Å². The SMILES string of the molecule is COc1ccc2c(c1)[C@@]1(C)CCCCC[C@@H](C2)[C@@H]1NCCOCCOCC(COCCOCCN[C@H]1[C@H]2CCCCC[C@]1(C)c1cc(O)ccc1C2)COCCOCCN[C@H]1[C@H]2CCCCC[C@]1(C)c1cc(O)ccc1C2. The molecule has 3 aromatic carbocycles. The lowest BCUT2D eigenvalue weighted by atomic mass is 9.59. The molecule has 0 spiro atoms. The predicted octanol–water partition coefficient (Wildman–Crippen LogP) is 10.3. The van der Waals surface area contributed by atoms with Crippen LogP contribution in [-0.2, 0) is 63.9 Å². The largest absolute Gasteiger partial charge is 0.508 e. The van der Waals surface area contributed by atoms with E-state index >= 15 is 0 Å². The first kappa shape index (κ1) is 58.4. The van der Waals surface area contributed by atoms with E-state index in [0.29, 0.717) is 127 Å². The number of phenolic OH excluding ortho intramolecular Hbond substituents is 2. The van der Waals surface area contributed by atoms with Crippen molar-refractivity contribution < 1.29 is 43.4 Å². The van der Waals surface area contributed by atoms with Crippen LogP contribution >= 0.6 is 0 Å². The Bertz CT molecular complexity index is 2180. The zero-order valence-electron chi connectivity index (χ0n) is 47.8. The van der Waals surface area contributed by atoms with E-state index < -0.39 is 0 Å². The van der Waals surface area contributed by atoms with Crippen LogP contribution in [-0.4, -0.2) is 134 Å². The fourth-order valence-electron chi connectivity index (χ4n) is 15.7. The summed E-state index contributed by atoms with van der Waals surface area (Å²) in [6.07, 6.45) is 21.9. The summed E-state index contributed by atoms with van der Waals surface area (Å²) in [6, 6.07) is 19.9. The summed E-state index contributed by atoms with van der Waals surface area (Å²) in [7, 11) is 1.77. The number of fused-ring (bicyclic) bond motifs is 12. The third kappa shape index (κ3) is 14.6. The van der Waals surface area contributed by atoms with E-state index in [4.69, 9.17) is 33.2 Å². The minimum Gasteiger partial charge on any atom is -0.508 e. The summed E-state index contributed by atoms with van der Waals surface area (Å²) in [5, 5.41) is 32.8. The molecule has 3 aromatic rings. The van der Waals surface area contributed by atoms with Crippen LogP contribution in [0.1, 0.15) is 150 Å². The molecule has 0 radical (unpaired) electrons. The van der Waals surface area contributed by atoms with Crippen molar-refractivity contribution in [1.29, 1.82) is 0 Å². The Morgan fingerprint density at radius 2 is 0.792 bits per heavy atom. The average molecular weight is 1070 g/mol. The highest BCUT2D eigenvalue weighted by Gasteiger charge is 2.48. The van der Waals surface area contributed by atoms with E-state index in [2.05, 4.69) is 67.1 Å². The van der Waals surface area contributed by atoms with Crippen LogP contribution in [0.5, 0.6) is 17.2 Å². The normalized spacial score (nSPS) is 28.9. The topological polar surface area (TPSA) is 141 Å². The zero-order chi connectivity index (χ0) is 53.5. The first-order chi connectivity index (χ1) is 37.6. The lowest BCUT2D eigenvalue weighted by molar-refractivity contribution is -0.0369. The number of rotatable bonds is 28. The van der Waals surface area contributed by atoms with Gasteiger partial charge in [0, 0.05) is 59.9 Å². The van der Waals surface area contributed by atoms with Gasteiger partial charge in [-0.1, -0.05) is 96.8 Å². The smallest absolute Gasteiger partial charge is 0.119 e. The average Bonchev–Trinajstić information content (AvgIpc) is 3.52. The van der Waals surface area contributed by atoms with Gasteiger partial charge in [-0.25, -0.2) is 0 Å². The van der Waals surface area contributed by atoms with E-state index in [1.54, 1.807) is 7.11 Å². The van der Waals surface area contributed by atoms with Crippen molar-refractivity contribution in [1.82, 2.24) is 16.0 Å². The highest BCUT2D eigenvalue weighted by atomic mass is 16.5. The summed E-state index contributed by atoms with van der Waals surface area (Å²) in [4.78, 5) is 0. The third-order valence-electron chi connectivity index (χ3n) is 19.6. The fourth-order valence-corrected chi connectivity index (χ4v) is 15.7. The summed E-state index contributed by atoms with van der Waals surface area (Å²) >= 11 is 0. The molecule has 77 heavy (non-hydrogen) atoms. The van der Waals surface area contributed by atoms with Crippen LogP contribution in [0.15, 0.2) is 54.6 Å². The van der Waals surface area contributed by atoms with Gasteiger partial charge >= 0.3 is 0 Å². The number of ether oxygens (including phenoxy) is 7. The highest BCUT2D eigenvalue weighted by molar-refractivity contribution is 5.46. The van der Waals surface area contributed by atoms with Gasteiger partial charge in [0.2, 0.25) is 0 Å². The number of methoxy groups -OCH3 is 1. The molecular formula is C65H99N3O9. The van der Waals surface area contributed by atoms with Gasteiger partial charge in [-0.05, 0) is 145 Å². The molecule has 428 valence electrons. The van der Waals surface area contributed by atoms with E-state index in [9.17, 15) is 10.2 Å². The summed E-state index contributed by atoms with van der Waals surface area (Å²) in [6.45, 7) is 16.3. The Hall–Kier alpha value is -3.30. The second kappa shape index (κ2) is 28.4. The standard InChI is InChI=1S/C65H99N3O9/c1-63-23-11-5-8-14-51(38-48-17-20-54(69)41-57(48)63)60(63)66-26-29-72-32-35-75-44-47(45-76-36-33-73-30-27-67-61-52-15-9-6-12-24-64(61,2)58-42-55(70)21-18-49(58)39-52)46-77-37-34-74-31-28-68-62-53-16-10-7-13-25-65(62,3)59-43-56(71-4)22-19-50(59)40-53/h17-22,41-43,47,51-53,60-62,66-70H,5-16,23-40,44-46H2,1-4H3/t51-,52-,53-,60-,61-,62-,63+,64+,65+/m0/s1. The van der Waals surface area contributed by atoms with Crippen molar-refractivity contribution in [3.63, 3.8) is 0 Å². The van der Waals surface area contributed by atoms with Crippen molar-refractivity contribution >= 4 is 0 Å². The van der Waals surface area contributed by atoms with Gasteiger partial charge in [0.25, 0.3) is 0 Å². The van der Waals surface area contributed by atoms with Gasteiger partial charge in [-0.3, -0.25) is 0 Å². The molecule has 5 N–H and O–H groups in total. The number of hydrogen-bond acceptors (Lipinski definition) is 12. The third-order valence-corrected chi connectivity index (χ3v) is 19.6. The zero-order valence-corrected chi connectivity index (χ0v) is 47.8. The van der Waals surface area contributed by atoms with Gasteiger partial charge in [-0.15, -0.1) is 0 Å². The van der Waals surface area contributed by atoms with Crippen LogP contribution in [0.2, 0.25) is 0 Å². The first-order valence-corrected chi connectivity index (χ1v) is 30.6. The number of aromatic hydroxyl groups is 2. The molecule has 0 aliphatic heterocycles. The maximum atomic E-state index is 10.5. The summed E-state index contributed by atoms with van der Waals surface area (Å²) < 4.78 is 42.9. The molecule has 0 aromatic heterocycles. The Labute approximate surface area is 463 Å². The number of phenols is 2. The van der Waals surface area contributed by atoms with E-state index in [0.717, 1.165) is 57.5 Å². The predicted molar refractivity (Wildman–Crippen MR) is 306 cm³/mol. The molecule has 3 fully saturated rings. The highest BCUT2D eigenvalue weighted by Crippen LogP contribution is 2.50. The lowest BCUT2D eigenvalue weighted by Crippen LogP contribution is -2.56. The van der Waals surface area contributed by atoms with Crippen molar-refractivity contribution in [2.45, 2.75) is 171 Å². The molecule has 12 heteroatoms. The molecule has 3 saturated carbocycles. The quantitative estimate of drug-likeness (QED) is 0.0442. The second-order valence-corrected chi connectivity index (χ2v) is 24.9. The maximum absolute atomic E-state index is 10.5. The van der Waals surface area contributed by atoms with Crippen molar-refractivity contribution in [2.24, 2.45) is 23.7 Å². The first-order valence-electron chi connectivity index (χ1n) is 30.6. The maximum Gasteiger partial charge on any atom is 0.119 e. The molecule has 9 rings (SSSR count). The molecule has 12 nitrogen and oxygen atoms in total. The number of hydrogen-bond donors (Lipinski definition) is 5. The number of benzene rings is 3. The Morgan fingerprint density at radius 3 is 1.17 bits per heavy atom. The Balaban J connectivity index is 0.699. The number of nitrogens with one attached hydrogen (secondary N) is 3. The lowest BCUT2D eigenvalue weighted by Gasteiger charge is -2.49. The van der Waals surface area contributed by atoms with Gasteiger partial charge in [-0.2, -0.15) is 0 Å². The molecule has 6 bridgehead atoms. The van der Waals surface area contributed by atoms with Gasteiger partial charge < -0.3 is 59.3 Å². The molecular weight excluding hydrogens is 967 g/mol. The molecule has 0 unspecified atom stereocenters. The fraction of sp³-hybridized carbons (Fsp3) is 0.723. The molecule has 0 amide bonds. The van der Waals surface area contributed by atoms with Gasteiger partial charge in [0.15, 0.2) is 0 Å². The monoisotopic (exact) mass is 1070 g/mol. The van der Waals surface area contributed by atoms with Crippen LogP contribution in [0, 0.1) is 23.7 Å². The second-order valence-electron chi connectivity index (χ2n) is 24.9. The molecule has 6 aliphatic rings. The Kier molecular flexibility index (Phi) is 21.5. The Morgan fingerprint density at radius 1 is 0.442 bits per heavy atom. The van der Waals surface area contributed by atoms with Crippen LogP contribution in [0.3, 0.4) is 0 Å². The minimum atomic E-state index is -0.00574. The van der Waals surface area contributed by atoms with E-state index in [1.807, 2.05) is 24.3 Å². The van der Waals surface area contributed by atoms with Crippen molar-refractivity contribution in [3.8, 4) is 17.2 Å². The van der Waals surface area contributed by atoms with Crippen LogP contribution in [0.4, 0.5) is 0 Å². The van der Waals surface area contributed by atoms with Gasteiger partial charge in [0.05, 0.1) is 86.4 Å². The van der Waals surface area contributed by atoms with Crippen molar-refractivity contribution in [2.75, 3.05) is 106 Å². The van der Waals surface area contributed by atoms with Gasteiger partial charge in [0.1, 0.15) is 17.2 Å². The summed E-state index contributed by atoms with van der Waals surface area (Å²) in [5.41, 5.74) is 8.47. The van der Waals surface area contributed by atoms with Crippen LogP contribution in [0.25, 0.3) is 0 Å². The van der Waals surface area contributed by atoms with Crippen LogP contribution < -0.4 is 20.7 Å². The van der Waals surface area contributed by atoms with Crippen molar-refractivity contribution in [3.05, 3.63) is 88.0 Å². The minimum absolute atomic E-state index is 0.00574. The molecule has 0 heterocycles.